The molecule has 1 aromatic carbocycles. The molecule has 2 atom stereocenters. The molecule has 0 amide bonds. The average Bonchev–Trinajstić information content (AvgIpc) is 3.32. The van der Waals surface area contributed by atoms with Gasteiger partial charge in [0.1, 0.15) is 11.6 Å². The summed E-state index contributed by atoms with van der Waals surface area (Å²) in [6.07, 6.45) is 6.84. The summed E-state index contributed by atoms with van der Waals surface area (Å²) >= 11 is 0. The third kappa shape index (κ3) is 3.48. The Balaban J connectivity index is 1.38. The van der Waals surface area contributed by atoms with Gasteiger partial charge in [0, 0.05) is 49.5 Å². The van der Waals surface area contributed by atoms with E-state index >= 15 is 0 Å². The van der Waals surface area contributed by atoms with E-state index in [0.717, 1.165) is 36.8 Å². The number of hydrogen-bond acceptors (Lipinski definition) is 4. The Morgan fingerprint density at radius 3 is 2.62 bits per heavy atom. The molecule has 26 heavy (non-hydrogen) atoms. The zero-order chi connectivity index (χ0) is 17.9. The van der Waals surface area contributed by atoms with Crippen LogP contribution in [0.4, 0.5) is 5.82 Å². The van der Waals surface area contributed by atoms with Crippen LogP contribution in [0.3, 0.4) is 0 Å². The molecule has 1 aliphatic heterocycles. The Morgan fingerprint density at radius 2 is 1.92 bits per heavy atom. The third-order valence-corrected chi connectivity index (χ3v) is 5.14. The summed E-state index contributed by atoms with van der Waals surface area (Å²) in [4.78, 5) is 11.1. The number of aromatic nitrogens is 3. The number of nitrogens with one attached hydrogen (secondary N) is 1. The topological polar surface area (TPSA) is 46.0 Å². The van der Waals surface area contributed by atoms with Crippen LogP contribution in [0.2, 0.25) is 0 Å². The van der Waals surface area contributed by atoms with Gasteiger partial charge in [-0.25, -0.2) is 9.97 Å². The molecule has 4 rings (SSSR count). The second-order valence-electron chi connectivity index (χ2n) is 6.94. The minimum absolute atomic E-state index is 0.321. The predicted molar refractivity (Wildman–Crippen MR) is 105 cm³/mol. The van der Waals surface area contributed by atoms with E-state index in [1.807, 2.05) is 31.6 Å². The van der Waals surface area contributed by atoms with Gasteiger partial charge in [0.2, 0.25) is 0 Å². The number of imidazole rings is 1. The molecule has 0 bridgehead atoms. The molecule has 1 fully saturated rings. The first-order valence-corrected chi connectivity index (χ1v) is 9.23. The molecule has 0 aliphatic carbocycles. The standard InChI is InChI=1S/C21H25N5/c1-16(18-6-8-20(9-7-18)26-14-12-22-17(26)2)24-19-10-13-25(15-19)21-5-3-4-11-23-21/h3-9,11-12,14,16,19,24H,10,13,15H2,1-2H3/t16-,19+/m0/s1. The maximum absolute atomic E-state index is 4.46. The molecule has 134 valence electrons. The molecular weight excluding hydrogens is 322 g/mol. The number of aryl methyl sites for hydroxylation is 1. The zero-order valence-electron chi connectivity index (χ0n) is 15.3. The molecule has 0 saturated carbocycles. The monoisotopic (exact) mass is 347 g/mol. The summed E-state index contributed by atoms with van der Waals surface area (Å²) in [5.41, 5.74) is 2.46. The molecule has 3 heterocycles. The van der Waals surface area contributed by atoms with E-state index < -0.39 is 0 Å². The second-order valence-corrected chi connectivity index (χ2v) is 6.94. The first kappa shape index (κ1) is 16.8. The number of hydrogen-bond donors (Lipinski definition) is 1. The number of benzene rings is 1. The Bertz CT molecular complexity index is 840. The molecule has 2 aromatic heterocycles. The molecule has 5 nitrogen and oxygen atoms in total. The van der Waals surface area contributed by atoms with Crippen molar-refractivity contribution in [2.45, 2.75) is 32.4 Å². The summed E-state index contributed by atoms with van der Waals surface area (Å²) in [6.45, 7) is 6.32. The molecular formula is C21H25N5. The lowest BCUT2D eigenvalue weighted by Gasteiger charge is -2.21. The fourth-order valence-corrected chi connectivity index (χ4v) is 3.67. The smallest absolute Gasteiger partial charge is 0.128 e. The lowest BCUT2D eigenvalue weighted by atomic mass is 10.1. The van der Waals surface area contributed by atoms with Crippen LogP contribution in [-0.2, 0) is 0 Å². The van der Waals surface area contributed by atoms with Crippen LogP contribution in [0.15, 0.2) is 61.1 Å². The van der Waals surface area contributed by atoms with Crippen LogP contribution >= 0.6 is 0 Å². The first-order chi connectivity index (χ1) is 12.7. The van der Waals surface area contributed by atoms with Crippen LogP contribution < -0.4 is 10.2 Å². The van der Waals surface area contributed by atoms with Gasteiger partial charge in [-0.05, 0) is 50.1 Å². The van der Waals surface area contributed by atoms with E-state index in [9.17, 15) is 0 Å². The summed E-state index contributed by atoms with van der Waals surface area (Å²) in [7, 11) is 0. The minimum atomic E-state index is 0.321. The lowest BCUT2D eigenvalue weighted by Crippen LogP contribution is -2.34. The first-order valence-electron chi connectivity index (χ1n) is 9.23. The zero-order valence-corrected chi connectivity index (χ0v) is 15.3. The molecule has 0 unspecified atom stereocenters. The highest BCUT2D eigenvalue weighted by Crippen LogP contribution is 2.21. The molecule has 5 heteroatoms. The predicted octanol–water partition coefficient (Wildman–Crippen LogP) is 3.51. The largest absolute Gasteiger partial charge is 0.355 e. The molecule has 0 radical (unpaired) electrons. The highest BCUT2D eigenvalue weighted by Gasteiger charge is 2.24. The van der Waals surface area contributed by atoms with Crippen molar-refractivity contribution in [3.63, 3.8) is 0 Å². The Morgan fingerprint density at radius 1 is 1.08 bits per heavy atom. The summed E-state index contributed by atoms with van der Waals surface area (Å²) < 4.78 is 2.10. The SMILES string of the molecule is Cc1nccn1-c1ccc([C@H](C)N[C@@H]2CCN(c3ccccn3)C2)cc1. The van der Waals surface area contributed by atoms with Gasteiger partial charge in [-0.15, -0.1) is 0 Å². The van der Waals surface area contributed by atoms with Crippen molar-refractivity contribution in [3.05, 3.63) is 72.4 Å². The quantitative estimate of drug-likeness (QED) is 0.767. The maximum Gasteiger partial charge on any atom is 0.128 e. The van der Waals surface area contributed by atoms with E-state index in [0.29, 0.717) is 12.1 Å². The molecule has 3 aromatic rings. The van der Waals surface area contributed by atoms with Crippen molar-refractivity contribution in [1.82, 2.24) is 19.9 Å². The van der Waals surface area contributed by atoms with Crippen LogP contribution in [-0.4, -0.2) is 33.7 Å². The Hall–Kier alpha value is -2.66. The number of nitrogens with zero attached hydrogens (tertiary/aromatic N) is 4. The van der Waals surface area contributed by atoms with Crippen molar-refractivity contribution in [2.24, 2.45) is 0 Å². The normalized spacial score (nSPS) is 18.2. The van der Waals surface area contributed by atoms with Crippen LogP contribution in [0, 0.1) is 6.92 Å². The Kier molecular flexibility index (Phi) is 4.71. The fraction of sp³-hybridized carbons (Fsp3) is 0.333. The van der Waals surface area contributed by atoms with Gasteiger partial charge in [0.05, 0.1) is 0 Å². The highest BCUT2D eigenvalue weighted by atomic mass is 15.2. The summed E-state index contributed by atoms with van der Waals surface area (Å²) in [5, 5.41) is 3.77. The van der Waals surface area contributed by atoms with Gasteiger partial charge >= 0.3 is 0 Å². The fourth-order valence-electron chi connectivity index (χ4n) is 3.67. The highest BCUT2D eigenvalue weighted by molar-refractivity contribution is 5.40. The molecule has 1 aliphatic rings. The van der Waals surface area contributed by atoms with Crippen molar-refractivity contribution in [1.29, 1.82) is 0 Å². The second kappa shape index (κ2) is 7.30. The van der Waals surface area contributed by atoms with Crippen molar-refractivity contribution in [3.8, 4) is 5.69 Å². The van der Waals surface area contributed by atoms with E-state index in [4.69, 9.17) is 0 Å². The average molecular weight is 347 g/mol. The van der Waals surface area contributed by atoms with Gasteiger partial charge in [-0.1, -0.05) is 18.2 Å². The van der Waals surface area contributed by atoms with Crippen molar-refractivity contribution < 1.29 is 0 Å². The van der Waals surface area contributed by atoms with E-state index in [1.54, 1.807) is 0 Å². The summed E-state index contributed by atoms with van der Waals surface area (Å²) in [5.74, 6) is 2.08. The van der Waals surface area contributed by atoms with Gasteiger partial charge < -0.3 is 14.8 Å². The lowest BCUT2D eigenvalue weighted by molar-refractivity contribution is 0.481. The van der Waals surface area contributed by atoms with Gasteiger partial charge in [0.15, 0.2) is 0 Å². The molecule has 1 saturated heterocycles. The van der Waals surface area contributed by atoms with Crippen LogP contribution in [0.5, 0.6) is 0 Å². The Labute approximate surface area is 154 Å². The molecule has 1 N–H and O–H groups in total. The third-order valence-electron chi connectivity index (χ3n) is 5.14. The summed E-state index contributed by atoms with van der Waals surface area (Å²) in [6, 6.07) is 15.7. The van der Waals surface area contributed by atoms with Crippen molar-refractivity contribution in [2.75, 3.05) is 18.0 Å². The number of pyridine rings is 1. The molecule has 0 spiro atoms. The van der Waals surface area contributed by atoms with Crippen LogP contribution in [0.1, 0.15) is 30.8 Å². The van der Waals surface area contributed by atoms with Gasteiger partial charge in [-0.2, -0.15) is 0 Å². The van der Waals surface area contributed by atoms with E-state index in [1.165, 1.54) is 5.56 Å². The number of anilines is 1. The van der Waals surface area contributed by atoms with Crippen LogP contribution in [0.25, 0.3) is 5.69 Å². The van der Waals surface area contributed by atoms with Gasteiger partial charge in [-0.3, -0.25) is 0 Å². The van der Waals surface area contributed by atoms with E-state index in [2.05, 4.69) is 68.1 Å². The maximum atomic E-state index is 4.46. The van der Waals surface area contributed by atoms with E-state index in [-0.39, 0.29) is 0 Å². The number of rotatable bonds is 5. The van der Waals surface area contributed by atoms with Crippen molar-refractivity contribution >= 4 is 5.82 Å². The minimum Gasteiger partial charge on any atom is -0.355 e. The van der Waals surface area contributed by atoms with Gasteiger partial charge in [0.25, 0.3) is 0 Å².